The van der Waals surface area contributed by atoms with Crippen molar-refractivity contribution in [1.82, 2.24) is 5.32 Å². The molecule has 30 heavy (non-hydrogen) atoms. The standard InChI is InChI=1S/C25H29FN2O2/c1-17(18-10-12-22(13-11-18)28-23(29)19-8-9-19)27-24(30)25(14-3-2-4-15-25)20-6-5-7-21(26)16-20/h5-7,10-13,16-17,19H,2-4,8-9,14-15H2,1H3,(H,27,30)(H,28,29). The van der Waals surface area contributed by atoms with Crippen LogP contribution >= 0.6 is 0 Å². The van der Waals surface area contributed by atoms with Gasteiger partial charge in [0.25, 0.3) is 0 Å². The van der Waals surface area contributed by atoms with Crippen LogP contribution in [0.15, 0.2) is 48.5 Å². The molecule has 158 valence electrons. The highest BCUT2D eigenvalue weighted by atomic mass is 19.1. The lowest BCUT2D eigenvalue weighted by molar-refractivity contribution is -0.128. The Morgan fingerprint density at radius 2 is 1.73 bits per heavy atom. The largest absolute Gasteiger partial charge is 0.349 e. The number of amides is 2. The fourth-order valence-corrected chi connectivity index (χ4v) is 4.45. The Morgan fingerprint density at radius 1 is 1.03 bits per heavy atom. The van der Waals surface area contributed by atoms with Gasteiger partial charge in [-0.1, -0.05) is 43.5 Å². The van der Waals surface area contributed by atoms with Crippen LogP contribution in [0.2, 0.25) is 0 Å². The molecule has 0 spiro atoms. The Bertz CT molecular complexity index is 915. The quantitative estimate of drug-likeness (QED) is 0.686. The number of anilines is 1. The van der Waals surface area contributed by atoms with Crippen molar-refractivity contribution in [3.8, 4) is 0 Å². The second-order valence-corrected chi connectivity index (χ2v) is 8.73. The van der Waals surface area contributed by atoms with Gasteiger partial charge in [-0.15, -0.1) is 0 Å². The molecule has 2 aliphatic rings. The third-order valence-corrected chi connectivity index (χ3v) is 6.49. The molecule has 1 atom stereocenters. The van der Waals surface area contributed by atoms with E-state index in [1.54, 1.807) is 6.07 Å². The van der Waals surface area contributed by atoms with Crippen molar-refractivity contribution < 1.29 is 14.0 Å². The molecule has 4 rings (SSSR count). The van der Waals surface area contributed by atoms with E-state index >= 15 is 0 Å². The minimum absolute atomic E-state index is 0.0357. The van der Waals surface area contributed by atoms with Crippen LogP contribution in [-0.2, 0) is 15.0 Å². The first-order valence-electron chi connectivity index (χ1n) is 11.0. The normalized spacial score (nSPS) is 19.0. The van der Waals surface area contributed by atoms with E-state index in [1.165, 1.54) is 12.1 Å². The highest BCUT2D eigenvalue weighted by molar-refractivity contribution is 5.94. The van der Waals surface area contributed by atoms with Crippen LogP contribution in [0.5, 0.6) is 0 Å². The number of benzene rings is 2. The van der Waals surface area contributed by atoms with Crippen molar-refractivity contribution in [3.63, 3.8) is 0 Å². The van der Waals surface area contributed by atoms with Crippen LogP contribution in [0.1, 0.15) is 69.0 Å². The maximum Gasteiger partial charge on any atom is 0.231 e. The average molecular weight is 409 g/mol. The lowest BCUT2D eigenvalue weighted by Gasteiger charge is -2.37. The maximum atomic E-state index is 13.9. The number of carbonyl (C=O) groups is 2. The van der Waals surface area contributed by atoms with E-state index in [0.717, 1.165) is 61.8 Å². The fourth-order valence-electron chi connectivity index (χ4n) is 4.45. The van der Waals surface area contributed by atoms with Gasteiger partial charge in [0, 0.05) is 11.6 Å². The minimum Gasteiger partial charge on any atom is -0.349 e. The molecule has 0 aliphatic heterocycles. The zero-order valence-corrected chi connectivity index (χ0v) is 17.4. The first-order chi connectivity index (χ1) is 14.5. The van der Waals surface area contributed by atoms with E-state index in [9.17, 15) is 14.0 Å². The molecule has 0 heterocycles. The van der Waals surface area contributed by atoms with Crippen LogP contribution in [0.4, 0.5) is 10.1 Å². The summed E-state index contributed by atoms with van der Waals surface area (Å²) in [5.74, 6) is -0.0932. The van der Waals surface area contributed by atoms with Gasteiger partial charge in [0.05, 0.1) is 11.5 Å². The predicted molar refractivity (Wildman–Crippen MR) is 116 cm³/mol. The van der Waals surface area contributed by atoms with Crippen LogP contribution in [0, 0.1) is 11.7 Å². The Kier molecular flexibility index (Phi) is 5.89. The van der Waals surface area contributed by atoms with E-state index < -0.39 is 5.41 Å². The summed E-state index contributed by atoms with van der Waals surface area (Å²) < 4.78 is 13.9. The molecule has 0 radical (unpaired) electrons. The molecule has 0 bridgehead atoms. The van der Waals surface area contributed by atoms with Crippen molar-refractivity contribution in [3.05, 3.63) is 65.5 Å². The molecule has 2 amide bonds. The maximum absolute atomic E-state index is 13.9. The Hall–Kier alpha value is -2.69. The van der Waals surface area contributed by atoms with Gasteiger partial charge in [0.15, 0.2) is 0 Å². The van der Waals surface area contributed by atoms with E-state index in [-0.39, 0.29) is 29.6 Å². The highest BCUT2D eigenvalue weighted by Gasteiger charge is 2.41. The van der Waals surface area contributed by atoms with E-state index in [4.69, 9.17) is 0 Å². The van der Waals surface area contributed by atoms with Crippen LogP contribution in [-0.4, -0.2) is 11.8 Å². The van der Waals surface area contributed by atoms with Crippen molar-refractivity contribution >= 4 is 17.5 Å². The van der Waals surface area contributed by atoms with Gasteiger partial charge in [0.1, 0.15) is 5.82 Å². The topological polar surface area (TPSA) is 58.2 Å². The predicted octanol–water partition coefficient (Wildman–Crippen LogP) is 5.25. The highest BCUT2D eigenvalue weighted by Crippen LogP contribution is 2.40. The first-order valence-corrected chi connectivity index (χ1v) is 11.0. The Morgan fingerprint density at radius 3 is 2.37 bits per heavy atom. The van der Waals surface area contributed by atoms with Crippen molar-refractivity contribution in [1.29, 1.82) is 0 Å². The van der Waals surface area contributed by atoms with E-state index in [0.29, 0.717) is 0 Å². The molecule has 0 saturated heterocycles. The van der Waals surface area contributed by atoms with Crippen LogP contribution < -0.4 is 10.6 Å². The number of hydrogen-bond donors (Lipinski definition) is 2. The second kappa shape index (κ2) is 8.58. The average Bonchev–Trinajstić information content (AvgIpc) is 3.60. The molecule has 0 aromatic heterocycles. The van der Waals surface area contributed by atoms with Crippen LogP contribution in [0.25, 0.3) is 0 Å². The SMILES string of the molecule is CC(NC(=O)C1(c2cccc(F)c2)CCCCC1)c1ccc(NC(=O)C2CC2)cc1. The molecule has 4 nitrogen and oxygen atoms in total. The van der Waals surface area contributed by atoms with Gasteiger partial charge in [-0.3, -0.25) is 9.59 Å². The molecule has 2 N–H and O–H groups in total. The third-order valence-electron chi connectivity index (χ3n) is 6.49. The first kappa shape index (κ1) is 20.6. The van der Waals surface area contributed by atoms with Crippen molar-refractivity contribution in [2.75, 3.05) is 5.32 Å². The summed E-state index contributed by atoms with van der Waals surface area (Å²) >= 11 is 0. The molecular weight excluding hydrogens is 379 g/mol. The molecule has 2 aliphatic carbocycles. The van der Waals surface area contributed by atoms with Gasteiger partial charge in [-0.05, 0) is 68.0 Å². The van der Waals surface area contributed by atoms with Gasteiger partial charge in [0.2, 0.25) is 11.8 Å². The summed E-state index contributed by atoms with van der Waals surface area (Å²) in [5, 5.41) is 6.10. The Labute approximate surface area is 177 Å². The molecule has 2 fully saturated rings. The number of rotatable bonds is 6. The number of halogens is 1. The molecule has 5 heteroatoms. The minimum atomic E-state index is -0.674. The summed E-state index contributed by atoms with van der Waals surface area (Å²) in [6.07, 6.45) is 6.46. The molecule has 1 unspecified atom stereocenters. The zero-order chi connectivity index (χ0) is 21.1. The summed E-state index contributed by atoms with van der Waals surface area (Å²) in [5.41, 5.74) is 1.84. The Balaban J connectivity index is 1.47. The van der Waals surface area contributed by atoms with Crippen molar-refractivity contribution in [2.45, 2.75) is 63.3 Å². The van der Waals surface area contributed by atoms with Gasteiger partial charge in [-0.2, -0.15) is 0 Å². The summed E-state index contributed by atoms with van der Waals surface area (Å²) in [4.78, 5) is 25.3. The van der Waals surface area contributed by atoms with E-state index in [1.807, 2.05) is 37.3 Å². The number of carbonyl (C=O) groups excluding carboxylic acids is 2. The molecule has 2 saturated carbocycles. The van der Waals surface area contributed by atoms with Gasteiger partial charge < -0.3 is 10.6 Å². The summed E-state index contributed by atoms with van der Waals surface area (Å²) in [6.45, 7) is 1.96. The van der Waals surface area contributed by atoms with E-state index in [2.05, 4.69) is 10.6 Å². The molecule has 2 aromatic rings. The number of nitrogens with one attached hydrogen (secondary N) is 2. The monoisotopic (exact) mass is 408 g/mol. The van der Waals surface area contributed by atoms with Gasteiger partial charge >= 0.3 is 0 Å². The zero-order valence-electron chi connectivity index (χ0n) is 17.4. The fraction of sp³-hybridized carbons (Fsp3) is 0.440. The third kappa shape index (κ3) is 4.40. The molecule has 2 aromatic carbocycles. The van der Waals surface area contributed by atoms with Gasteiger partial charge in [-0.25, -0.2) is 4.39 Å². The summed E-state index contributed by atoms with van der Waals surface area (Å²) in [7, 11) is 0. The smallest absolute Gasteiger partial charge is 0.231 e. The summed E-state index contributed by atoms with van der Waals surface area (Å²) in [6, 6.07) is 13.9. The second-order valence-electron chi connectivity index (χ2n) is 8.73. The lowest BCUT2D eigenvalue weighted by Crippen LogP contribution is -2.46. The lowest BCUT2D eigenvalue weighted by atomic mass is 9.68. The van der Waals surface area contributed by atoms with Crippen LogP contribution in [0.3, 0.4) is 0 Å². The number of hydrogen-bond acceptors (Lipinski definition) is 2. The molecular formula is C25H29FN2O2. The van der Waals surface area contributed by atoms with Crippen molar-refractivity contribution in [2.24, 2.45) is 5.92 Å².